The van der Waals surface area contributed by atoms with E-state index in [9.17, 15) is 14.4 Å². The van der Waals surface area contributed by atoms with Gasteiger partial charge in [-0.05, 0) is 6.92 Å². The van der Waals surface area contributed by atoms with E-state index in [1.807, 2.05) is 0 Å². The normalized spacial score (nSPS) is 11.9. The van der Waals surface area contributed by atoms with Gasteiger partial charge in [0.05, 0.1) is 0 Å². The van der Waals surface area contributed by atoms with Crippen LogP contribution in [0.25, 0.3) is 0 Å². The highest BCUT2D eigenvalue weighted by Gasteiger charge is 2.29. The molecule has 0 spiro atoms. The largest absolute Gasteiger partial charge is 0.370 e. The summed E-state index contributed by atoms with van der Waals surface area (Å²) in [6, 6.07) is 0. The summed E-state index contributed by atoms with van der Waals surface area (Å²) in [5, 5.41) is 9.30. The summed E-state index contributed by atoms with van der Waals surface area (Å²) in [5.74, 6) is -4.12. The molecule has 0 aromatic carbocycles. The van der Waals surface area contributed by atoms with Crippen molar-refractivity contribution in [2.24, 2.45) is 17.4 Å². The molecule has 0 rings (SSSR count). The molecule has 0 saturated heterocycles. The minimum Gasteiger partial charge on any atom is -0.370 e. The Morgan fingerprint density at radius 1 is 1.36 bits per heavy atom. The maximum Gasteiger partial charge on any atom is 0.258 e. The van der Waals surface area contributed by atoms with Crippen molar-refractivity contribution in [3.63, 3.8) is 0 Å². The molecule has 1 unspecified atom stereocenters. The molecule has 80 valence electrons. The summed E-state index contributed by atoms with van der Waals surface area (Å²) in [7, 11) is 0. The lowest BCUT2D eigenvalue weighted by atomic mass is 10.0. The highest BCUT2D eigenvalue weighted by atomic mass is 16.5. The maximum atomic E-state index is 11.2. The minimum absolute atomic E-state index is 0.00136. The Morgan fingerprint density at radius 2 is 1.86 bits per heavy atom. The van der Waals surface area contributed by atoms with Crippen LogP contribution in [0.1, 0.15) is 13.3 Å². The zero-order chi connectivity index (χ0) is 11.3. The van der Waals surface area contributed by atoms with E-state index in [4.69, 9.17) is 16.7 Å². The van der Waals surface area contributed by atoms with Crippen molar-refractivity contribution in [3.8, 4) is 0 Å². The number of hydrogen-bond acceptors (Lipinski definition) is 4. The molecule has 0 aliphatic carbocycles. The fourth-order valence-corrected chi connectivity index (χ4v) is 0.847. The van der Waals surface area contributed by atoms with Gasteiger partial charge in [-0.1, -0.05) is 0 Å². The Bertz CT molecular complexity index is 253. The van der Waals surface area contributed by atoms with Crippen molar-refractivity contribution in [1.82, 2.24) is 5.06 Å². The van der Waals surface area contributed by atoms with Gasteiger partial charge < -0.3 is 11.5 Å². The molecule has 0 radical (unpaired) electrons. The summed E-state index contributed by atoms with van der Waals surface area (Å²) in [6.07, 6.45) is -0.495. The van der Waals surface area contributed by atoms with Crippen LogP contribution >= 0.6 is 0 Å². The molecule has 0 aromatic rings. The zero-order valence-corrected chi connectivity index (χ0v) is 7.77. The zero-order valence-electron chi connectivity index (χ0n) is 7.77. The van der Waals surface area contributed by atoms with Crippen LogP contribution in [-0.2, 0) is 14.4 Å². The van der Waals surface area contributed by atoms with Gasteiger partial charge in [-0.15, -0.1) is 0 Å². The predicted octanol–water partition coefficient (Wildman–Crippen LogP) is -1.80. The Balaban J connectivity index is 4.57. The van der Waals surface area contributed by atoms with E-state index in [0.29, 0.717) is 5.06 Å². The van der Waals surface area contributed by atoms with Crippen LogP contribution < -0.4 is 11.5 Å². The molecule has 5 N–H and O–H groups in total. The van der Waals surface area contributed by atoms with Gasteiger partial charge >= 0.3 is 0 Å². The number of primary amides is 2. The quantitative estimate of drug-likeness (QED) is 0.277. The molecule has 0 aliphatic heterocycles. The monoisotopic (exact) mass is 203 g/mol. The van der Waals surface area contributed by atoms with Gasteiger partial charge in [0.25, 0.3) is 5.91 Å². The molecule has 14 heavy (non-hydrogen) atoms. The summed E-state index contributed by atoms with van der Waals surface area (Å²) in [4.78, 5) is 32.5. The highest BCUT2D eigenvalue weighted by Crippen LogP contribution is 2.05. The lowest BCUT2D eigenvalue weighted by Gasteiger charge is -2.17. The van der Waals surface area contributed by atoms with E-state index in [0.717, 1.165) is 0 Å². The number of nitrogens with two attached hydrogens (primary N) is 2. The van der Waals surface area contributed by atoms with E-state index >= 15 is 0 Å². The number of nitrogens with zero attached hydrogens (tertiary/aromatic N) is 1. The smallest absolute Gasteiger partial charge is 0.258 e. The predicted molar refractivity (Wildman–Crippen MR) is 45.7 cm³/mol. The maximum absolute atomic E-state index is 11.2. The molecule has 3 amide bonds. The second-order valence-electron chi connectivity index (χ2n) is 2.68. The van der Waals surface area contributed by atoms with Crippen molar-refractivity contribution < 1.29 is 19.6 Å². The molecule has 0 bridgehead atoms. The van der Waals surface area contributed by atoms with Crippen LogP contribution in [-0.4, -0.2) is 34.5 Å². The van der Waals surface area contributed by atoms with Gasteiger partial charge in [-0.2, -0.15) is 0 Å². The first kappa shape index (κ1) is 12.4. The number of amides is 3. The van der Waals surface area contributed by atoms with E-state index in [2.05, 4.69) is 0 Å². The Kier molecular flexibility index (Phi) is 4.57. The topological polar surface area (TPSA) is 127 Å². The average molecular weight is 203 g/mol. The third kappa shape index (κ3) is 3.40. The van der Waals surface area contributed by atoms with Gasteiger partial charge in [-0.25, -0.2) is 5.06 Å². The molecule has 0 fully saturated rings. The lowest BCUT2D eigenvalue weighted by molar-refractivity contribution is -0.171. The Labute approximate surface area is 80.6 Å². The van der Waals surface area contributed by atoms with Crippen LogP contribution in [0.3, 0.4) is 0 Å². The number of carbonyl (C=O) groups excluding carboxylic acids is 3. The van der Waals surface area contributed by atoms with Gasteiger partial charge in [0.2, 0.25) is 11.8 Å². The van der Waals surface area contributed by atoms with Gasteiger partial charge in [0, 0.05) is 13.0 Å². The lowest BCUT2D eigenvalue weighted by Crippen LogP contribution is -2.42. The first-order chi connectivity index (χ1) is 6.40. The molecule has 1 atom stereocenters. The van der Waals surface area contributed by atoms with Crippen molar-refractivity contribution in [2.45, 2.75) is 13.3 Å². The molecule has 7 nitrogen and oxygen atoms in total. The SMILES string of the molecule is CCN(O)C(=O)C(CC(N)=O)C(N)=O. The fourth-order valence-electron chi connectivity index (χ4n) is 0.847. The second-order valence-corrected chi connectivity index (χ2v) is 2.68. The van der Waals surface area contributed by atoms with Crippen molar-refractivity contribution >= 4 is 17.7 Å². The summed E-state index contributed by atoms with van der Waals surface area (Å²) < 4.78 is 0. The number of carbonyl (C=O) groups is 3. The molecule has 0 aliphatic rings. The second kappa shape index (κ2) is 5.18. The number of rotatable bonds is 5. The standard InChI is InChI=1S/C7H13N3O4/c1-2-10(14)7(13)4(6(9)12)3-5(8)11/h4,14H,2-3H2,1H3,(H2,8,11)(H2,9,12). The van der Waals surface area contributed by atoms with Crippen LogP contribution in [0, 0.1) is 5.92 Å². The molecule has 0 aromatic heterocycles. The molecular formula is C7H13N3O4. The van der Waals surface area contributed by atoms with Crippen LogP contribution in [0.5, 0.6) is 0 Å². The van der Waals surface area contributed by atoms with E-state index in [-0.39, 0.29) is 6.54 Å². The van der Waals surface area contributed by atoms with Crippen molar-refractivity contribution in [2.75, 3.05) is 6.54 Å². The minimum atomic E-state index is -1.39. The molecule has 0 heterocycles. The van der Waals surface area contributed by atoms with Gasteiger partial charge in [0.15, 0.2) is 0 Å². The third-order valence-corrected chi connectivity index (χ3v) is 1.60. The average Bonchev–Trinajstić information content (AvgIpc) is 2.11. The van der Waals surface area contributed by atoms with Crippen LogP contribution in [0.15, 0.2) is 0 Å². The Morgan fingerprint density at radius 3 is 2.14 bits per heavy atom. The molecule has 7 heteroatoms. The first-order valence-corrected chi connectivity index (χ1v) is 3.98. The van der Waals surface area contributed by atoms with Crippen molar-refractivity contribution in [3.05, 3.63) is 0 Å². The van der Waals surface area contributed by atoms with Crippen LogP contribution in [0.4, 0.5) is 0 Å². The van der Waals surface area contributed by atoms with Gasteiger partial charge in [-0.3, -0.25) is 19.6 Å². The highest BCUT2D eigenvalue weighted by molar-refractivity contribution is 6.02. The number of hydroxylamine groups is 2. The Hall–Kier alpha value is -1.63. The summed E-state index contributed by atoms with van der Waals surface area (Å²) >= 11 is 0. The van der Waals surface area contributed by atoms with Crippen molar-refractivity contribution in [1.29, 1.82) is 0 Å². The fraction of sp³-hybridized carbons (Fsp3) is 0.571. The summed E-state index contributed by atoms with van der Waals surface area (Å²) in [5.41, 5.74) is 9.68. The molecular weight excluding hydrogens is 190 g/mol. The number of hydrogen-bond donors (Lipinski definition) is 3. The van der Waals surface area contributed by atoms with E-state index in [1.54, 1.807) is 0 Å². The van der Waals surface area contributed by atoms with E-state index in [1.165, 1.54) is 6.92 Å². The third-order valence-electron chi connectivity index (χ3n) is 1.60. The molecule has 0 saturated carbocycles. The first-order valence-electron chi connectivity index (χ1n) is 3.98. The summed E-state index contributed by atoms with van der Waals surface area (Å²) in [6.45, 7) is 1.50. The van der Waals surface area contributed by atoms with E-state index < -0.39 is 30.1 Å². The van der Waals surface area contributed by atoms with Crippen LogP contribution in [0.2, 0.25) is 0 Å². The van der Waals surface area contributed by atoms with Gasteiger partial charge in [0.1, 0.15) is 5.92 Å².